The Morgan fingerprint density at radius 1 is 1.29 bits per heavy atom. The molecule has 0 radical (unpaired) electrons. The predicted molar refractivity (Wildman–Crippen MR) is 59.7 cm³/mol. The van der Waals surface area contributed by atoms with Crippen molar-refractivity contribution in [2.24, 2.45) is 5.92 Å². The highest BCUT2D eigenvalue weighted by molar-refractivity contribution is 5.42. The van der Waals surface area contributed by atoms with Crippen LogP contribution in [0.3, 0.4) is 0 Å². The predicted octanol–water partition coefficient (Wildman–Crippen LogP) is 3.70. The number of rotatable bonds is 2. The second-order valence-electron chi connectivity index (χ2n) is 4.69. The number of halogens is 3. The maximum Gasteiger partial charge on any atom is 0.433 e. The lowest BCUT2D eigenvalue weighted by Crippen LogP contribution is -2.16. The van der Waals surface area contributed by atoms with Crippen LogP contribution in [-0.2, 0) is 6.18 Å². The van der Waals surface area contributed by atoms with Gasteiger partial charge in [0.2, 0.25) is 0 Å². The Bertz CT molecular complexity index is 372. The molecule has 1 fully saturated rings. The van der Waals surface area contributed by atoms with Crippen LogP contribution in [0.4, 0.5) is 18.9 Å². The van der Waals surface area contributed by atoms with Gasteiger partial charge in [-0.15, -0.1) is 0 Å². The van der Waals surface area contributed by atoms with Crippen LogP contribution in [0.25, 0.3) is 0 Å². The Hall–Kier alpha value is -1.26. The molecule has 2 atom stereocenters. The number of hydrogen-bond acceptors (Lipinski definition) is 2. The maximum absolute atomic E-state index is 12.3. The second-order valence-corrected chi connectivity index (χ2v) is 4.69. The first kappa shape index (κ1) is 12.2. The molecule has 0 saturated heterocycles. The number of aromatic nitrogens is 1. The molecule has 1 saturated carbocycles. The van der Waals surface area contributed by atoms with E-state index in [9.17, 15) is 13.2 Å². The van der Waals surface area contributed by atoms with E-state index < -0.39 is 11.9 Å². The van der Waals surface area contributed by atoms with Crippen molar-refractivity contribution >= 4 is 5.69 Å². The zero-order valence-electron chi connectivity index (χ0n) is 9.59. The largest absolute Gasteiger partial charge is 0.433 e. The standard InChI is InChI=1S/C12H15F3N2/c1-8-2-3-9(6-8)17-10-4-5-11(16-7-10)12(13,14)15/h4-5,7-9,17H,2-3,6H2,1H3. The topological polar surface area (TPSA) is 24.9 Å². The summed E-state index contributed by atoms with van der Waals surface area (Å²) in [5, 5.41) is 3.22. The van der Waals surface area contributed by atoms with E-state index in [4.69, 9.17) is 0 Å². The second kappa shape index (κ2) is 4.55. The van der Waals surface area contributed by atoms with Crippen molar-refractivity contribution in [3.8, 4) is 0 Å². The van der Waals surface area contributed by atoms with Crippen molar-refractivity contribution in [3.05, 3.63) is 24.0 Å². The highest BCUT2D eigenvalue weighted by Gasteiger charge is 2.32. The van der Waals surface area contributed by atoms with Crippen LogP contribution in [-0.4, -0.2) is 11.0 Å². The molecule has 1 aromatic rings. The summed E-state index contributed by atoms with van der Waals surface area (Å²) in [7, 11) is 0. The van der Waals surface area contributed by atoms with Crippen molar-refractivity contribution in [1.82, 2.24) is 4.98 Å². The third-order valence-electron chi connectivity index (χ3n) is 3.12. The fraction of sp³-hybridized carbons (Fsp3) is 0.583. The first-order chi connectivity index (χ1) is 7.95. The minimum Gasteiger partial charge on any atom is -0.381 e. The van der Waals surface area contributed by atoms with Gasteiger partial charge in [0.15, 0.2) is 0 Å². The summed E-state index contributed by atoms with van der Waals surface area (Å²) in [5.74, 6) is 0.690. The summed E-state index contributed by atoms with van der Waals surface area (Å²) in [6.07, 6.45) is 0.209. The molecule has 1 aromatic heterocycles. The zero-order valence-corrected chi connectivity index (χ0v) is 9.59. The Balaban J connectivity index is 1.99. The smallest absolute Gasteiger partial charge is 0.381 e. The molecule has 0 aliphatic heterocycles. The van der Waals surface area contributed by atoms with E-state index >= 15 is 0 Å². The SMILES string of the molecule is CC1CCC(Nc2ccc(C(F)(F)F)nc2)C1. The van der Waals surface area contributed by atoms with Gasteiger partial charge in [-0.3, -0.25) is 0 Å². The van der Waals surface area contributed by atoms with Gasteiger partial charge in [-0.25, -0.2) is 4.98 Å². The molecular formula is C12H15F3N2. The van der Waals surface area contributed by atoms with Crippen LogP contribution < -0.4 is 5.32 Å². The highest BCUT2D eigenvalue weighted by atomic mass is 19.4. The number of nitrogens with zero attached hydrogens (tertiary/aromatic N) is 1. The molecule has 0 spiro atoms. The Kier molecular flexibility index (Phi) is 3.26. The molecule has 1 aliphatic carbocycles. The van der Waals surface area contributed by atoms with E-state index in [1.807, 2.05) is 0 Å². The molecule has 1 N–H and O–H groups in total. The molecular weight excluding hydrogens is 229 g/mol. The summed E-state index contributed by atoms with van der Waals surface area (Å²) >= 11 is 0. The molecule has 1 aliphatic rings. The highest BCUT2D eigenvalue weighted by Crippen LogP contribution is 2.30. The summed E-state index contributed by atoms with van der Waals surface area (Å²) < 4.78 is 36.9. The van der Waals surface area contributed by atoms with E-state index in [0.717, 1.165) is 18.9 Å². The van der Waals surface area contributed by atoms with Gasteiger partial charge < -0.3 is 5.32 Å². The number of anilines is 1. The van der Waals surface area contributed by atoms with Gasteiger partial charge in [0, 0.05) is 6.04 Å². The van der Waals surface area contributed by atoms with Crippen LogP contribution in [0.1, 0.15) is 31.9 Å². The van der Waals surface area contributed by atoms with Crippen molar-refractivity contribution in [3.63, 3.8) is 0 Å². The van der Waals surface area contributed by atoms with Gasteiger partial charge >= 0.3 is 6.18 Å². The quantitative estimate of drug-likeness (QED) is 0.858. The first-order valence-electron chi connectivity index (χ1n) is 5.75. The zero-order chi connectivity index (χ0) is 12.5. The fourth-order valence-electron chi connectivity index (χ4n) is 2.22. The molecule has 94 valence electrons. The molecule has 0 aromatic carbocycles. The van der Waals surface area contributed by atoms with Gasteiger partial charge in [-0.1, -0.05) is 6.92 Å². The first-order valence-corrected chi connectivity index (χ1v) is 5.75. The maximum atomic E-state index is 12.3. The van der Waals surface area contributed by atoms with Gasteiger partial charge in [0.05, 0.1) is 11.9 Å². The molecule has 1 heterocycles. The molecule has 5 heteroatoms. The monoisotopic (exact) mass is 244 g/mol. The van der Waals surface area contributed by atoms with E-state index in [0.29, 0.717) is 17.6 Å². The van der Waals surface area contributed by atoms with Gasteiger partial charge in [0.25, 0.3) is 0 Å². The minimum absolute atomic E-state index is 0.364. The van der Waals surface area contributed by atoms with Crippen molar-refractivity contribution in [1.29, 1.82) is 0 Å². The van der Waals surface area contributed by atoms with Crippen LogP contribution in [0, 0.1) is 5.92 Å². The van der Waals surface area contributed by atoms with Crippen LogP contribution in [0.15, 0.2) is 18.3 Å². The van der Waals surface area contributed by atoms with E-state index in [1.54, 1.807) is 0 Å². The van der Waals surface area contributed by atoms with Crippen molar-refractivity contribution in [2.75, 3.05) is 5.32 Å². The van der Waals surface area contributed by atoms with Crippen LogP contribution >= 0.6 is 0 Å². The lowest BCUT2D eigenvalue weighted by Gasteiger charge is -2.14. The summed E-state index contributed by atoms with van der Waals surface area (Å²) in [6.45, 7) is 2.19. The lowest BCUT2D eigenvalue weighted by molar-refractivity contribution is -0.141. The van der Waals surface area contributed by atoms with Crippen molar-refractivity contribution in [2.45, 2.75) is 38.4 Å². The van der Waals surface area contributed by atoms with Crippen molar-refractivity contribution < 1.29 is 13.2 Å². The van der Waals surface area contributed by atoms with Crippen LogP contribution in [0.2, 0.25) is 0 Å². The molecule has 2 nitrogen and oxygen atoms in total. The Morgan fingerprint density at radius 2 is 2.06 bits per heavy atom. The van der Waals surface area contributed by atoms with Crippen LogP contribution in [0.5, 0.6) is 0 Å². The lowest BCUT2D eigenvalue weighted by atomic mass is 10.1. The average Bonchev–Trinajstić information content (AvgIpc) is 2.63. The number of nitrogens with one attached hydrogen (secondary N) is 1. The van der Waals surface area contributed by atoms with E-state index in [-0.39, 0.29) is 0 Å². The van der Waals surface area contributed by atoms with E-state index in [2.05, 4.69) is 17.2 Å². The molecule has 2 rings (SSSR count). The number of pyridine rings is 1. The summed E-state index contributed by atoms with van der Waals surface area (Å²) in [4.78, 5) is 3.42. The average molecular weight is 244 g/mol. The molecule has 2 unspecified atom stereocenters. The normalized spacial score (nSPS) is 24.9. The van der Waals surface area contributed by atoms with Gasteiger partial charge in [-0.2, -0.15) is 13.2 Å². The van der Waals surface area contributed by atoms with Gasteiger partial charge in [-0.05, 0) is 37.3 Å². The Morgan fingerprint density at radius 3 is 2.53 bits per heavy atom. The fourth-order valence-corrected chi connectivity index (χ4v) is 2.22. The Labute approximate surface area is 98.2 Å². The third-order valence-corrected chi connectivity index (χ3v) is 3.12. The number of alkyl halides is 3. The minimum atomic E-state index is -4.36. The van der Waals surface area contributed by atoms with E-state index in [1.165, 1.54) is 18.7 Å². The molecule has 0 bridgehead atoms. The van der Waals surface area contributed by atoms with Gasteiger partial charge in [0.1, 0.15) is 5.69 Å². The molecule has 17 heavy (non-hydrogen) atoms. The third kappa shape index (κ3) is 3.11. The number of hydrogen-bond donors (Lipinski definition) is 1. The molecule has 0 amide bonds. The summed E-state index contributed by atoms with van der Waals surface area (Å²) in [5.41, 5.74) is -0.181. The summed E-state index contributed by atoms with van der Waals surface area (Å²) in [6, 6.07) is 2.82.